The maximum absolute atomic E-state index is 12.9. The normalized spacial score (nSPS) is 22.7. The molecular formula is C25H23N3O4S2. The fourth-order valence-electron chi connectivity index (χ4n) is 4.75. The number of thioether (sulfide) groups is 1. The zero-order valence-corrected chi connectivity index (χ0v) is 20.0. The number of amides is 2. The lowest BCUT2D eigenvalue weighted by Crippen LogP contribution is -2.36. The number of thiazole rings is 1. The molecule has 7 nitrogen and oxygen atoms in total. The molecule has 0 spiro atoms. The van der Waals surface area contributed by atoms with Gasteiger partial charge in [0.15, 0.2) is 4.34 Å². The summed E-state index contributed by atoms with van der Waals surface area (Å²) in [5.41, 5.74) is 3.30. The van der Waals surface area contributed by atoms with Crippen LogP contribution in [-0.2, 0) is 14.4 Å². The summed E-state index contributed by atoms with van der Waals surface area (Å²) in [6.45, 7) is 1.99. The quantitative estimate of drug-likeness (QED) is 0.322. The Morgan fingerprint density at radius 3 is 2.47 bits per heavy atom. The molecule has 0 saturated heterocycles. The first-order valence-electron chi connectivity index (χ1n) is 11.0. The third-order valence-electron chi connectivity index (χ3n) is 6.35. The molecule has 3 N–H and O–H groups in total. The topological polar surface area (TPSA) is 108 Å². The molecule has 1 fully saturated rings. The zero-order valence-electron chi connectivity index (χ0n) is 18.4. The predicted octanol–water partition coefficient (Wildman–Crippen LogP) is 4.80. The van der Waals surface area contributed by atoms with Gasteiger partial charge in [-0.25, -0.2) is 4.98 Å². The number of carboxylic acid groups (broad SMARTS) is 1. The molecule has 3 aromatic rings. The minimum atomic E-state index is -0.914. The number of aryl methyl sites for hydroxylation is 1. The molecule has 0 aliphatic heterocycles. The van der Waals surface area contributed by atoms with Gasteiger partial charge in [0.05, 0.1) is 27.8 Å². The highest BCUT2D eigenvalue weighted by molar-refractivity contribution is 8.01. The molecular weight excluding hydrogens is 470 g/mol. The maximum atomic E-state index is 12.9. The van der Waals surface area contributed by atoms with Crippen LogP contribution in [-0.4, -0.2) is 33.6 Å². The third kappa shape index (κ3) is 4.58. The number of hydrogen-bond donors (Lipinski definition) is 3. The number of carbonyl (C=O) groups is 3. The number of carbonyl (C=O) groups excluding carboxylic acids is 2. The molecule has 2 bridgehead atoms. The van der Waals surface area contributed by atoms with Crippen LogP contribution < -0.4 is 10.6 Å². The molecule has 2 aliphatic rings. The number of aromatic nitrogens is 1. The van der Waals surface area contributed by atoms with Gasteiger partial charge in [0.2, 0.25) is 11.8 Å². The van der Waals surface area contributed by atoms with Gasteiger partial charge in [-0.05, 0) is 55.5 Å². The van der Waals surface area contributed by atoms with Crippen molar-refractivity contribution in [3.8, 4) is 0 Å². The van der Waals surface area contributed by atoms with Crippen LogP contribution in [0.25, 0.3) is 10.2 Å². The van der Waals surface area contributed by atoms with Crippen molar-refractivity contribution in [1.29, 1.82) is 0 Å². The van der Waals surface area contributed by atoms with Gasteiger partial charge in [0, 0.05) is 11.4 Å². The van der Waals surface area contributed by atoms with Gasteiger partial charge in [-0.3, -0.25) is 14.4 Å². The second-order valence-electron chi connectivity index (χ2n) is 8.69. The van der Waals surface area contributed by atoms with E-state index < -0.39 is 17.8 Å². The van der Waals surface area contributed by atoms with E-state index in [2.05, 4.69) is 15.6 Å². The van der Waals surface area contributed by atoms with Gasteiger partial charge in [0.1, 0.15) is 0 Å². The number of benzene rings is 2. The standard InChI is InChI=1S/C25H23N3O4S2/c1-13-2-6-16(7-3-13)26-20(29)12-33-25-28-18-9-8-17(11-19(18)34-25)27-23(30)21-14-4-5-15(10-14)22(21)24(31)32/h2-9,11,14-15,21-22H,10,12H2,1H3,(H,26,29)(H,27,30)(H,31,32)/t14-,15-,21-,22-/m0/s1. The molecule has 1 heterocycles. The van der Waals surface area contributed by atoms with Crippen LogP contribution in [0.4, 0.5) is 11.4 Å². The Hall–Kier alpha value is -3.17. The van der Waals surface area contributed by atoms with Crippen LogP contribution in [0.5, 0.6) is 0 Å². The number of anilines is 2. The largest absolute Gasteiger partial charge is 0.481 e. The summed E-state index contributed by atoms with van der Waals surface area (Å²) in [5.74, 6) is -2.34. The van der Waals surface area contributed by atoms with Crippen molar-refractivity contribution in [2.75, 3.05) is 16.4 Å². The lowest BCUT2D eigenvalue weighted by molar-refractivity contribution is -0.146. The molecule has 0 radical (unpaired) electrons. The first-order chi connectivity index (χ1) is 16.4. The van der Waals surface area contributed by atoms with Crippen molar-refractivity contribution in [3.63, 3.8) is 0 Å². The Morgan fingerprint density at radius 1 is 1.03 bits per heavy atom. The number of fused-ring (bicyclic) bond motifs is 3. The van der Waals surface area contributed by atoms with E-state index in [1.165, 1.54) is 23.1 Å². The molecule has 0 unspecified atom stereocenters. The molecule has 5 rings (SSSR count). The highest BCUT2D eigenvalue weighted by atomic mass is 32.2. The van der Waals surface area contributed by atoms with E-state index in [1.54, 1.807) is 6.07 Å². The van der Waals surface area contributed by atoms with Crippen molar-refractivity contribution in [2.24, 2.45) is 23.7 Å². The SMILES string of the molecule is Cc1ccc(NC(=O)CSc2nc3ccc(NC(=O)[C@@H]4[C@@H](C(=O)O)[C@H]5C=C[C@H]4C5)cc3s2)cc1. The molecule has 34 heavy (non-hydrogen) atoms. The van der Waals surface area contributed by atoms with Gasteiger partial charge >= 0.3 is 5.97 Å². The van der Waals surface area contributed by atoms with Crippen molar-refractivity contribution in [3.05, 3.63) is 60.2 Å². The van der Waals surface area contributed by atoms with Crippen LogP contribution in [0.3, 0.4) is 0 Å². The average molecular weight is 494 g/mol. The average Bonchev–Trinajstić information content (AvgIpc) is 3.53. The van der Waals surface area contributed by atoms with Gasteiger partial charge < -0.3 is 15.7 Å². The van der Waals surface area contributed by atoms with Crippen molar-refractivity contribution >= 4 is 62.5 Å². The minimum absolute atomic E-state index is 0.0210. The lowest BCUT2D eigenvalue weighted by Gasteiger charge is -2.23. The van der Waals surface area contributed by atoms with Crippen LogP contribution in [0, 0.1) is 30.6 Å². The smallest absolute Gasteiger partial charge is 0.307 e. The molecule has 2 amide bonds. The second-order valence-corrected chi connectivity index (χ2v) is 10.9. The first-order valence-corrected chi connectivity index (χ1v) is 12.8. The number of nitrogens with zero attached hydrogens (tertiary/aromatic N) is 1. The van der Waals surface area contributed by atoms with Crippen LogP contribution in [0.1, 0.15) is 12.0 Å². The Labute approximate surface area is 204 Å². The Kier molecular flexibility index (Phi) is 6.14. The summed E-state index contributed by atoms with van der Waals surface area (Å²) in [4.78, 5) is 41.5. The minimum Gasteiger partial charge on any atom is -0.481 e. The van der Waals surface area contributed by atoms with E-state index in [0.29, 0.717) is 5.69 Å². The fraction of sp³-hybridized carbons (Fsp3) is 0.280. The van der Waals surface area contributed by atoms with Crippen LogP contribution in [0.2, 0.25) is 0 Å². The van der Waals surface area contributed by atoms with Crippen LogP contribution >= 0.6 is 23.1 Å². The summed E-state index contributed by atoms with van der Waals surface area (Å²) >= 11 is 2.82. The summed E-state index contributed by atoms with van der Waals surface area (Å²) in [6, 6.07) is 13.1. The molecule has 1 saturated carbocycles. The van der Waals surface area contributed by atoms with Gasteiger partial charge in [-0.15, -0.1) is 11.3 Å². The number of nitrogens with one attached hydrogen (secondary N) is 2. The van der Waals surface area contributed by atoms with Gasteiger partial charge in [0.25, 0.3) is 0 Å². The molecule has 2 aromatic carbocycles. The number of allylic oxidation sites excluding steroid dienone is 2. The molecule has 9 heteroatoms. The second kappa shape index (κ2) is 9.23. The van der Waals surface area contributed by atoms with E-state index in [9.17, 15) is 19.5 Å². The summed E-state index contributed by atoms with van der Waals surface area (Å²) in [7, 11) is 0. The molecule has 4 atom stereocenters. The Morgan fingerprint density at radius 2 is 1.74 bits per heavy atom. The van der Waals surface area contributed by atoms with E-state index in [4.69, 9.17) is 0 Å². The summed E-state index contributed by atoms with van der Waals surface area (Å²) in [6.07, 6.45) is 4.62. The van der Waals surface area contributed by atoms with E-state index in [-0.39, 0.29) is 29.4 Å². The molecule has 2 aliphatic carbocycles. The monoisotopic (exact) mass is 493 g/mol. The van der Waals surface area contributed by atoms with Crippen molar-refractivity contribution in [1.82, 2.24) is 4.98 Å². The van der Waals surface area contributed by atoms with E-state index >= 15 is 0 Å². The van der Waals surface area contributed by atoms with Gasteiger partial charge in [-0.2, -0.15) is 0 Å². The molecule has 174 valence electrons. The van der Waals surface area contributed by atoms with Gasteiger partial charge in [-0.1, -0.05) is 41.6 Å². The third-order valence-corrected chi connectivity index (χ3v) is 8.51. The maximum Gasteiger partial charge on any atom is 0.307 e. The highest BCUT2D eigenvalue weighted by Gasteiger charge is 2.51. The Balaban J connectivity index is 1.22. The predicted molar refractivity (Wildman–Crippen MR) is 134 cm³/mol. The van der Waals surface area contributed by atoms with E-state index in [0.717, 1.165) is 32.2 Å². The van der Waals surface area contributed by atoms with Crippen molar-refractivity contribution in [2.45, 2.75) is 17.7 Å². The highest BCUT2D eigenvalue weighted by Crippen LogP contribution is 2.48. The van der Waals surface area contributed by atoms with Crippen LogP contribution in [0.15, 0.2) is 59.0 Å². The Bertz CT molecular complexity index is 1300. The fourth-order valence-corrected chi connectivity index (χ4v) is 6.65. The number of carboxylic acids is 1. The summed E-state index contributed by atoms with van der Waals surface area (Å²) in [5, 5.41) is 15.4. The zero-order chi connectivity index (χ0) is 23.8. The number of aliphatic carboxylic acids is 1. The number of hydrogen-bond acceptors (Lipinski definition) is 6. The van der Waals surface area contributed by atoms with E-state index in [1.807, 2.05) is 55.5 Å². The van der Waals surface area contributed by atoms with Crippen molar-refractivity contribution < 1.29 is 19.5 Å². The first kappa shape index (κ1) is 22.6. The lowest BCUT2D eigenvalue weighted by atomic mass is 9.82. The summed E-state index contributed by atoms with van der Waals surface area (Å²) < 4.78 is 1.66. The molecule has 1 aromatic heterocycles. The number of rotatable bonds is 7.